The molecule has 0 atom stereocenters. The molecule has 0 radical (unpaired) electrons. The van der Waals surface area contributed by atoms with Gasteiger partial charge in [0.05, 0.1) is 6.04 Å². The first-order valence-electron chi connectivity index (χ1n) is 6.83. The molecule has 0 fully saturated rings. The van der Waals surface area contributed by atoms with Crippen LogP contribution < -0.4 is 5.56 Å². The summed E-state index contributed by atoms with van der Waals surface area (Å²) < 4.78 is 1.70. The minimum absolute atomic E-state index is 0.0580. The highest BCUT2D eigenvalue weighted by molar-refractivity contribution is 6.30. The Hall–Kier alpha value is -2.03. The summed E-state index contributed by atoms with van der Waals surface area (Å²) in [6.07, 6.45) is 1.79. The zero-order valence-electron chi connectivity index (χ0n) is 11.6. The van der Waals surface area contributed by atoms with Crippen molar-refractivity contribution in [1.82, 2.24) is 4.57 Å². The van der Waals surface area contributed by atoms with Gasteiger partial charge in [-0.15, -0.1) is 0 Å². The molecule has 0 spiro atoms. The molecule has 1 aromatic heterocycles. The van der Waals surface area contributed by atoms with E-state index in [1.807, 2.05) is 54.6 Å². The molecule has 110 valence electrons. The summed E-state index contributed by atoms with van der Waals surface area (Å²) >= 11 is 11.9. The van der Waals surface area contributed by atoms with Crippen LogP contribution in [0, 0.1) is 0 Å². The maximum Gasteiger partial charge on any atom is 0.251 e. The van der Waals surface area contributed by atoms with Crippen LogP contribution in [-0.4, -0.2) is 4.57 Å². The van der Waals surface area contributed by atoms with Crippen LogP contribution in [0.4, 0.5) is 0 Å². The number of aromatic nitrogens is 1. The third-order valence-electron chi connectivity index (χ3n) is 3.50. The number of nitrogens with zero attached hydrogens (tertiary/aromatic N) is 1. The van der Waals surface area contributed by atoms with E-state index in [2.05, 4.69) is 0 Å². The van der Waals surface area contributed by atoms with Crippen molar-refractivity contribution in [2.45, 2.75) is 6.04 Å². The second kappa shape index (κ2) is 6.39. The van der Waals surface area contributed by atoms with Crippen molar-refractivity contribution in [3.8, 4) is 0 Å². The van der Waals surface area contributed by atoms with Gasteiger partial charge in [0.1, 0.15) is 0 Å². The smallest absolute Gasteiger partial charge is 0.251 e. The minimum atomic E-state index is -0.219. The van der Waals surface area contributed by atoms with Crippen molar-refractivity contribution in [3.05, 3.63) is 104 Å². The largest absolute Gasteiger partial charge is 0.304 e. The predicted octanol–water partition coefficient (Wildman–Crippen LogP) is 4.79. The average molecular weight is 330 g/mol. The van der Waals surface area contributed by atoms with Crippen molar-refractivity contribution < 1.29 is 0 Å². The Morgan fingerprint density at radius 3 is 1.68 bits per heavy atom. The lowest BCUT2D eigenvalue weighted by atomic mass is 9.98. The quantitative estimate of drug-likeness (QED) is 0.676. The van der Waals surface area contributed by atoms with Gasteiger partial charge >= 0.3 is 0 Å². The third kappa shape index (κ3) is 3.08. The molecule has 0 unspecified atom stereocenters. The van der Waals surface area contributed by atoms with Gasteiger partial charge in [-0.2, -0.15) is 0 Å². The summed E-state index contributed by atoms with van der Waals surface area (Å²) in [6, 6.07) is 20.0. The lowest BCUT2D eigenvalue weighted by Gasteiger charge is -2.21. The number of hydrogen-bond acceptors (Lipinski definition) is 1. The zero-order chi connectivity index (χ0) is 15.5. The molecule has 1 heterocycles. The van der Waals surface area contributed by atoms with Crippen LogP contribution in [-0.2, 0) is 0 Å². The van der Waals surface area contributed by atoms with Gasteiger partial charge in [-0.05, 0) is 41.5 Å². The summed E-state index contributed by atoms with van der Waals surface area (Å²) in [5.41, 5.74) is 1.91. The molecular weight excluding hydrogens is 317 g/mol. The normalized spacial score (nSPS) is 10.9. The number of halogens is 2. The Morgan fingerprint density at radius 1 is 0.727 bits per heavy atom. The second-order valence-corrected chi connectivity index (χ2v) is 5.82. The summed E-state index contributed by atoms with van der Waals surface area (Å²) in [5.74, 6) is 0. The first kappa shape index (κ1) is 14.9. The van der Waals surface area contributed by atoms with Crippen LogP contribution in [0.2, 0.25) is 10.0 Å². The molecule has 3 rings (SSSR count). The number of hydrogen-bond donors (Lipinski definition) is 0. The van der Waals surface area contributed by atoms with Crippen LogP contribution in [0.3, 0.4) is 0 Å². The Morgan fingerprint density at radius 2 is 1.23 bits per heavy atom. The van der Waals surface area contributed by atoms with E-state index in [0.29, 0.717) is 10.0 Å². The molecule has 2 aromatic carbocycles. The molecule has 0 saturated carbocycles. The predicted molar refractivity (Wildman–Crippen MR) is 90.8 cm³/mol. The second-order valence-electron chi connectivity index (χ2n) is 4.95. The Kier molecular flexibility index (Phi) is 4.32. The molecule has 0 aliphatic rings. The molecule has 0 amide bonds. The molecule has 3 aromatic rings. The van der Waals surface area contributed by atoms with Gasteiger partial charge in [-0.25, -0.2) is 0 Å². The lowest BCUT2D eigenvalue weighted by Crippen LogP contribution is -2.24. The van der Waals surface area contributed by atoms with E-state index >= 15 is 0 Å². The fraction of sp³-hybridized carbons (Fsp3) is 0.0556. The van der Waals surface area contributed by atoms with Crippen molar-refractivity contribution in [1.29, 1.82) is 0 Å². The van der Waals surface area contributed by atoms with Gasteiger partial charge in [-0.3, -0.25) is 4.79 Å². The van der Waals surface area contributed by atoms with Crippen molar-refractivity contribution in [2.24, 2.45) is 0 Å². The molecule has 0 bridgehead atoms. The maximum absolute atomic E-state index is 12.3. The van der Waals surface area contributed by atoms with Crippen molar-refractivity contribution >= 4 is 23.2 Å². The Bertz CT molecular complexity index is 777. The number of pyridine rings is 1. The highest BCUT2D eigenvalue weighted by atomic mass is 35.5. The lowest BCUT2D eigenvalue weighted by molar-refractivity contribution is 0.650. The summed E-state index contributed by atoms with van der Waals surface area (Å²) in [4.78, 5) is 12.3. The molecule has 22 heavy (non-hydrogen) atoms. The minimum Gasteiger partial charge on any atom is -0.304 e. The molecular formula is C18H13Cl2NO. The highest BCUT2D eigenvalue weighted by Crippen LogP contribution is 2.27. The highest BCUT2D eigenvalue weighted by Gasteiger charge is 2.17. The summed E-state index contributed by atoms with van der Waals surface area (Å²) in [6.45, 7) is 0. The van der Waals surface area contributed by atoms with Gasteiger partial charge < -0.3 is 4.57 Å². The van der Waals surface area contributed by atoms with Crippen molar-refractivity contribution in [2.75, 3.05) is 0 Å². The van der Waals surface area contributed by atoms with Crippen LogP contribution in [0.1, 0.15) is 17.2 Å². The average Bonchev–Trinajstić information content (AvgIpc) is 2.53. The van der Waals surface area contributed by atoms with Crippen LogP contribution in [0.5, 0.6) is 0 Å². The van der Waals surface area contributed by atoms with Gasteiger partial charge in [0, 0.05) is 22.3 Å². The first-order chi connectivity index (χ1) is 10.6. The molecule has 0 aliphatic heterocycles. The molecule has 4 heteroatoms. The van der Waals surface area contributed by atoms with E-state index in [1.54, 1.807) is 22.9 Å². The van der Waals surface area contributed by atoms with E-state index in [4.69, 9.17) is 23.2 Å². The monoisotopic (exact) mass is 329 g/mol. The SMILES string of the molecule is O=c1ccccn1C(c1ccc(Cl)cc1)c1ccc(Cl)cc1. The van der Waals surface area contributed by atoms with E-state index in [9.17, 15) is 4.79 Å². The number of rotatable bonds is 3. The van der Waals surface area contributed by atoms with E-state index < -0.39 is 0 Å². The third-order valence-corrected chi connectivity index (χ3v) is 4.00. The molecule has 0 saturated heterocycles. The number of benzene rings is 2. The maximum atomic E-state index is 12.3. The molecule has 2 nitrogen and oxygen atoms in total. The van der Waals surface area contributed by atoms with E-state index in [1.165, 1.54) is 0 Å². The fourth-order valence-electron chi connectivity index (χ4n) is 2.46. The molecule has 0 N–H and O–H groups in total. The van der Waals surface area contributed by atoms with E-state index in [-0.39, 0.29) is 11.6 Å². The van der Waals surface area contributed by atoms with Crippen LogP contribution >= 0.6 is 23.2 Å². The van der Waals surface area contributed by atoms with E-state index in [0.717, 1.165) is 11.1 Å². The van der Waals surface area contributed by atoms with Gasteiger partial charge in [0.15, 0.2) is 0 Å². The van der Waals surface area contributed by atoms with Crippen LogP contribution in [0.15, 0.2) is 77.7 Å². The topological polar surface area (TPSA) is 22.0 Å². The Balaban J connectivity index is 2.18. The van der Waals surface area contributed by atoms with Gasteiger partial charge in [-0.1, -0.05) is 53.5 Å². The first-order valence-corrected chi connectivity index (χ1v) is 7.59. The van der Waals surface area contributed by atoms with Gasteiger partial charge in [0.25, 0.3) is 5.56 Å². The van der Waals surface area contributed by atoms with Crippen LogP contribution in [0.25, 0.3) is 0 Å². The standard InChI is InChI=1S/C18H13Cl2NO/c19-15-8-4-13(5-9-15)18(14-6-10-16(20)11-7-14)21-12-2-1-3-17(21)22/h1-12,18H. The summed E-state index contributed by atoms with van der Waals surface area (Å²) in [5, 5.41) is 1.33. The zero-order valence-corrected chi connectivity index (χ0v) is 13.1. The fourth-order valence-corrected chi connectivity index (χ4v) is 2.71. The van der Waals surface area contributed by atoms with Crippen molar-refractivity contribution in [3.63, 3.8) is 0 Å². The molecule has 0 aliphatic carbocycles. The van der Waals surface area contributed by atoms with Gasteiger partial charge in [0.2, 0.25) is 0 Å². The Labute approximate surface area is 138 Å². The summed E-state index contributed by atoms with van der Waals surface area (Å²) in [7, 11) is 0.